The Morgan fingerprint density at radius 3 is 2.64 bits per heavy atom. The van der Waals surface area contributed by atoms with Crippen LogP contribution in [0.25, 0.3) is 5.65 Å². The van der Waals surface area contributed by atoms with Gasteiger partial charge in [0.25, 0.3) is 5.91 Å². The van der Waals surface area contributed by atoms with Crippen molar-refractivity contribution in [2.75, 3.05) is 12.4 Å². The van der Waals surface area contributed by atoms with E-state index in [1.54, 1.807) is 36.7 Å². The summed E-state index contributed by atoms with van der Waals surface area (Å²) in [5.41, 5.74) is 2.53. The average molecular weight is 340 g/mol. The molecule has 130 valence electrons. The van der Waals surface area contributed by atoms with E-state index in [1.165, 1.54) is 0 Å². The fourth-order valence-electron chi connectivity index (χ4n) is 2.54. The number of nitrogens with one attached hydrogen (secondary N) is 1. The van der Waals surface area contributed by atoms with Crippen LogP contribution in [-0.2, 0) is 4.79 Å². The maximum atomic E-state index is 12.4. The van der Waals surface area contributed by atoms with E-state index in [4.69, 9.17) is 9.47 Å². The summed E-state index contributed by atoms with van der Waals surface area (Å²) in [6.45, 7) is 5.53. The molecular formula is C18H20N4O3. The molecule has 0 aliphatic heterocycles. The van der Waals surface area contributed by atoms with E-state index in [0.717, 1.165) is 11.4 Å². The van der Waals surface area contributed by atoms with Crippen LogP contribution in [0, 0.1) is 13.8 Å². The molecule has 1 atom stereocenters. The number of benzene rings is 1. The number of ether oxygens (including phenoxy) is 2. The number of amides is 1. The lowest BCUT2D eigenvalue weighted by Gasteiger charge is -2.15. The molecule has 0 bridgehead atoms. The Labute approximate surface area is 145 Å². The number of hydrogen-bond donors (Lipinski definition) is 1. The molecule has 1 N–H and O–H groups in total. The Hall–Kier alpha value is -3.09. The lowest BCUT2D eigenvalue weighted by Crippen LogP contribution is -2.30. The molecule has 0 spiro atoms. The van der Waals surface area contributed by atoms with Gasteiger partial charge in [-0.25, -0.2) is 9.50 Å². The van der Waals surface area contributed by atoms with Gasteiger partial charge in [-0.1, -0.05) is 12.1 Å². The SMILES string of the molecule is COc1ccccc1OC(C)C(=O)Nc1cc2nc(C)cc(C)n2n1. The van der Waals surface area contributed by atoms with Gasteiger partial charge in [-0.3, -0.25) is 4.79 Å². The lowest BCUT2D eigenvalue weighted by molar-refractivity contribution is -0.122. The molecule has 1 unspecified atom stereocenters. The van der Waals surface area contributed by atoms with Crippen molar-refractivity contribution >= 4 is 17.4 Å². The van der Waals surface area contributed by atoms with Gasteiger partial charge >= 0.3 is 0 Å². The van der Waals surface area contributed by atoms with Crippen LogP contribution in [-0.4, -0.2) is 33.7 Å². The first-order valence-corrected chi connectivity index (χ1v) is 7.92. The molecule has 0 aliphatic carbocycles. The van der Waals surface area contributed by atoms with Crippen molar-refractivity contribution in [3.05, 3.63) is 47.8 Å². The predicted molar refractivity (Wildman–Crippen MR) is 94.2 cm³/mol. The van der Waals surface area contributed by atoms with Crippen LogP contribution in [0.2, 0.25) is 0 Å². The fourth-order valence-corrected chi connectivity index (χ4v) is 2.54. The Bertz CT molecular complexity index is 920. The second kappa shape index (κ2) is 6.80. The zero-order chi connectivity index (χ0) is 18.0. The predicted octanol–water partition coefficient (Wildman–Crippen LogP) is 2.76. The van der Waals surface area contributed by atoms with Crippen molar-refractivity contribution in [1.29, 1.82) is 0 Å². The molecule has 0 saturated carbocycles. The van der Waals surface area contributed by atoms with Crippen molar-refractivity contribution in [2.24, 2.45) is 0 Å². The maximum absolute atomic E-state index is 12.4. The molecule has 2 aromatic heterocycles. The summed E-state index contributed by atoms with van der Waals surface area (Å²) in [6.07, 6.45) is -0.711. The second-order valence-electron chi connectivity index (χ2n) is 5.74. The summed E-state index contributed by atoms with van der Waals surface area (Å²) in [6, 6.07) is 10.8. The molecular weight excluding hydrogens is 320 g/mol. The highest BCUT2D eigenvalue weighted by Crippen LogP contribution is 2.27. The highest BCUT2D eigenvalue weighted by atomic mass is 16.5. The highest BCUT2D eigenvalue weighted by Gasteiger charge is 2.18. The Morgan fingerprint density at radius 1 is 1.20 bits per heavy atom. The fraction of sp³-hybridized carbons (Fsp3) is 0.278. The summed E-state index contributed by atoms with van der Waals surface area (Å²) in [5.74, 6) is 1.21. The number of aryl methyl sites for hydroxylation is 2. The number of carbonyl (C=O) groups is 1. The molecule has 7 nitrogen and oxygen atoms in total. The number of hydrogen-bond acceptors (Lipinski definition) is 5. The normalized spacial score (nSPS) is 12.0. The lowest BCUT2D eigenvalue weighted by atomic mass is 10.3. The van der Waals surface area contributed by atoms with Gasteiger partial charge in [-0.2, -0.15) is 0 Å². The number of rotatable bonds is 5. The smallest absolute Gasteiger partial charge is 0.266 e. The standard InChI is InChI=1S/C18H20N4O3/c1-11-9-12(2)22-17(19-11)10-16(21-22)20-18(23)13(3)25-15-8-6-5-7-14(15)24-4/h5-10,13H,1-4H3,(H,20,21,23). The molecule has 0 aliphatic rings. The number of para-hydroxylation sites is 2. The summed E-state index contributed by atoms with van der Waals surface area (Å²) in [7, 11) is 1.56. The van der Waals surface area contributed by atoms with Gasteiger partial charge in [0.1, 0.15) is 0 Å². The zero-order valence-corrected chi connectivity index (χ0v) is 14.6. The molecule has 7 heteroatoms. The first-order chi connectivity index (χ1) is 12.0. The van der Waals surface area contributed by atoms with E-state index < -0.39 is 6.10 Å². The molecule has 3 aromatic rings. The van der Waals surface area contributed by atoms with Crippen LogP contribution < -0.4 is 14.8 Å². The van der Waals surface area contributed by atoms with Gasteiger partial charge in [-0.15, -0.1) is 5.10 Å². The van der Waals surface area contributed by atoms with Crippen LogP contribution in [0.5, 0.6) is 11.5 Å². The van der Waals surface area contributed by atoms with E-state index >= 15 is 0 Å². The third kappa shape index (κ3) is 3.55. The number of anilines is 1. The summed E-state index contributed by atoms with van der Waals surface area (Å²) in [4.78, 5) is 16.8. The quantitative estimate of drug-likeness (QED) is 0.773. The van der Waals surface area contributed by atoms with Gasteiger partial charge in [0.2, 0.25) is 0 Å². The van der Waals surface area contributed by atoms with Crippen molar-refractivity contribution in [3.8, 4) is 11.5 Å². The van der Waals surface area contributed by atoms with Gasteiger partial charge in [0, 0.05) is 17.5 Å². The first-order valence-electron chi connectivity index (χ1n) is 7.92. The number of fused-ring (bicyclic) bond motifs is 1. The minimum atomic E-state index is -0.711. The number of aromatic nitrogens is 3. The van der Waals surface area contributed by atoms with Crippen molar-refractivity contribution < 1.29 is 14.3 Å². The monoisotopic (exact) mass is 340 g/mol. The van der Waals surface area contributed by atoms with Gasteiger partial charge in [-0.05, 0) is 39.0 Å². The summed E-state index contributed by atoms with van der Waals surface area (Å²) in [5, 5.41) is 7.12. The molecule has 0 fully saturated rings. The minimum absolute atomic E-state index is 0.302. The Kier molecular flexibility index (Phi) is 4.56. The average Bonchev–Trinajstić information content (AvgIpc) is 2.97. The van der Waals surface area contributed by atoms with Crippen molar-refractivity contribution in [1.82, 2.24) is 14.6 Å². The van der Waals surface area contributed by atoms with Gasteiger partial charge in [0.05, 0.1) is 7.11 Å². The van der Waals surface area contributed by atoms with E-state index in [0.29, 0.717) is 23.0 Å². The van der Waals surface area contributed by atoms with Crippen LogP contribution >= 0.6 is 0 Å². The third-order valence-corrected chi connectivity index (χ3v) is 3.73. The molecule has 1 amide bonds. The molecule has 1 aromatic carbocycles. The Balaban J connectivity index is 1.74. The first kappa shape index (κ1) is 16.8. The minimum Gasteiger partial charge on any atom is -0.493 e. The van der Waals surface area contributed by atoms with E-state index in [1.807, 2.05) is 32.0 Å². The molecule has 0 saturated heterocycles. The van der Waals surface area contributed by atoms with Crippen LogP contribution in [0.1, 0.15) is 18.3 Å². The van der Waals surface area contributed by atoms with Gasteiger partial charge < -0.3 is 14.8 Å². The highest BCUT2D eigenvalue weighted by molar-refractivity contribution is 5.93. The molecule has 3 rings (SSSR count). The number of methoxy groups -OCH3 is 1. The topological polar surface area (TPSA) is 77.8 Å². The number of carbonyl (C=O) groups excluding carboxylic acids is 1. The maximum Gasteiger partial charge on any atom is 0.266 e. The van der Waals surface area contributed by atoms with E-state index in [9.17, 15) is 4.79 Å². The van der Waals surface area contributed by atoms with E-state index in [-0.39, 0.29) is 5.91 Å². The van der Waals surface area contributed by atoms with Crippen molar-refractivity contribution in [3.63, 3.8) is 0 Å². The number of nitrogens with zero attached hydrogens (tertiary/aromatic N) is 3. The van der Waals surface area contributed by atoms with Crippen LogP contribution in [0.4, 0.5) is 5.82 Å². The van der Waals surface area contributed by atoms with E-state index in [2.05, 4.69) is 15.4 Å². The van der Waals surface area contributed by atoms with Crippen molar-refractivity contribution in [2.45, 2.75) is 26.9 Å². The van der Waals surface area contributed by atoms with Crippen LogP contribution in [0.3, 0.4) is 0 Å². The molecule has 2 heterocycles. The summed E-state index contributed by atoms with van der Waals surface area (Å²) >= 11 is 0. The largest absolute Gasteiger partial charge is 0.493 e. The van der Waals surface area contributed by atoms with Gasteiger partial charge in [0.15, 0.2) is 29.1 Å². The summed E-state index contributed by atoms with van der Waals surface area (Å²) < 4.78 is 12.6. The Morgan fingerprint density at radius 2 is 1.92 bits per heavy atom. The molecule has 25 heavy (non-hydrogen) atoms. The third-order valence-electron chi connectivity index (χ3n) is 3.73. The zero-order valence-electron chi connectivity index (χ0n) is 14.6. The van der Waals surface area contributed by atoms with Crippen LogP contribution in [0.15, 0.2) is 36.4 Å². The molecule has 0 radical (unpaired) electrons. The second-order valence-corrected chi connectivity index (χ2v) is 5.74.